The van der Waals surface area contributed by atoms with Gasteiger partial charge in [-0.15, -0.1) is 0 Å². The van der Waals surface area contributed by atoms with Crippen LogP contribution in [-0.2, 0) is 11.4 Å². The topological polar surface area (TPSA) is 70.8 Å². The number of fused-ring (bicyclic) bond motifs is 1. The van der Waals surface area contributed by atoms with Gasteiger partial charge in [-0.25, -0.2) is 5.90 Å². The number of carbonyl (C=O) groups is 1. The highest BCUT2D eigenvalue weighted by Gasteiger charge is 2.22. The van der Waals surface area contributed by atoms with Crippen molar-refractivity contribution in [3.8, 4) is 11.5 Å². The minimum absolute atomic E-state index is 0.198. The summed E-state index contributed by atoms with van der Waals surface area (Å²) in [4.78, 5) is 15.5. The Bertz CT molecular complexity index is 422. The molecular weight excluding hydrogens is 278 g/mol. The van der Waals surface area contributed by atoms with Crippen molar-refractivity contribution in [3.05, 3.63) is 21.7 Å². The number of ether oxygens (including phenoxy) is 2. The van der Waals surface area contributed by atoms with Gasteiger partial charge in [0.15, 0.2) is 17.8 Å². The predicted molar refractivity (Wildman–Crippen MR) is 59.5 cm³/mol. The molecule has 1 aromatic rings. The van der Waals surface area contributed by atoms with Gasteiger partial charge in [0, 0.05) is 10.0 Å². The van der Waals surface area contributed by atoms with E-state index in [2.05, 4.69) is 20.8 Å². The summed E-state index contributed by atoms with van der Waals surface area (Å²) in [6.07, 6.45) is 0.727. The fourth-order valence-corrected chi connectivity index (χ4v) is 2.12. The summed E-state index contributed by atoms with van der Waals surface area (Å²) in [6.45, 7) is 1.07. The zero-order chi connectivity index (χ0) is 11.5. The van der Waals surface area contributed by atoms with E-state index in [0.29, 0.717) is 34.7 Å². The Morgan fingerprint density at radius 2 is 2.12 bits per heavy atom. The maximum atomic E-state index is 10.9. The van der Waals surface area contributed by atoms with Crippen LogP contribution in [0, 0.1) is 0 Å². The zero-order valence-electron chi connectivity index (χ0n) is 8.36. The second kappa shape index (κ2) is 4.82. The molecule has 1 aliphatic heterocycles. The monoisotopic (exact) mass is 287 g/mol. The molecule has 2 N–H and O–H groups in total. The normalized spacial score (nSPS) is 13.6. The van der Waals surface area contributed by atoms with Gasteiger partial charge in [-0.1, -0.05) is 0 Å². The Morgan fingerprint density at radius 1 is 1.44 bits per heavy atom. The van der Waals surface area contributed by atoms with E-state index in [0.717, 1.165) is 11.8 Å². The highest BCUT2D eigenvalue weighted by atomic mass is 79.9. The number of hydrogen-bond acceptors (Lipinski definition) is 5. The van der Waals surface area contributed by atoms with Gasteiger partial charge in [-0.2, -0.15) is 0 Å². The van der Waals surface area contributed by atoms with Gasteiger partial charge < -0.3 is 9.47 Å². The summed E-state index contributed by atoms with van der Waals surface area (Å²) in [5.41, 5.74) is 1.19. The van der Waals surface area contributed by atoms with E-state index in [-0.39, 0.29) is 6.61 Å². The molecule has 0 spiro atoms. The minimum atomic E-state index is 0.198. The average molecular weight is 288 g/mol. The molecule has 1 heterocycles. The van der Waals surface area contributed by atoms with Crippen molar-refractivity contribution in [2.45, 2.75) is 6.61 Å². The molecular formula is C10H10BrNO4. The van der Waals surface area contributed by atoms with Crippen molar-refractivity contribution in [2.75, 3.05) is 13.2 Å². The number of nitrogens with two attached hydrogens (primary N) is 1. The minimum Gasteiger partial charge on any atom is -0.486 e. The Morgan fingerprint density at radius 3 is 2.75 bits per heavy atom. The van der Waals surface area contributed by atoms with Crippen molar-refractivity contribution in [3.63, 3.8) is 0 Å². The van der Waals surface area contributed by atoms with E-state index in [1.165, 1.54) is 0 Å². The lowest BCUT2D eigenvalue weighted by Gasteiger charge is -2.22. The lowest BCUT2D eigenvalue weighted by molar-refractivity contribution is 0.109. The first-order valence-corrected chi connectivity index (χ1v) is 5.45. The van der Waals surface area contributed by atoms with Crippen LogP contribution in [0.15, 0.2) is 10.5 Å². The van der Waals surface area contributed by atoms with Gasteiger partial charge >= 0.3 is 0 Å². The van der Waals surface area contributed by atoms with Crippen LogP contribution in [0.3, 0.4) is 0 Å². The number of halogens is 1. The van der Waals surface area contributed by atoms with Crippen LogP contribution in [0.1, 0.15) is 15.9 Å². The fourth-order valence-electron chi connectivity index (χ4n) is 1.57. The van der Waals surface area contributed by atoms with Crippen molar-refractivity contribution < 1.29 is 19.1 Å². The molecule has 16 heavy (non-hydrogen) atoms. The van der Waals surface area contributed by atoms with Gasteiger partial charge in [0.05, 0.1) is 12.2 Å². The van der Waals surface area contributed by atoms with Crippen LogP contribution in [0.5, 0.6) is 11.5 Å². The molecule has 86 valence electrons. The number of hydrogen-bond donors (Lipinski definition) is 1. The number of carbonyl (C=O) groups excluding carboxylic acids is 1. The first-order chi connectivity index (χ1) is 7.77. The Hall–Kier alpha value is -1.11. The quantitative estimate of drug-likeness (QED) is 0.673. The predicted octanol–water partition coefficient (Wildman–Crippen LogP) is 1.42. The van der Waals surface area contributed by atoms with E-state index in [4.69, 9.17) is 15.4 Å². The first-order valence-electron chi connectivity index (χ1n) is 4.65. The Kier molecular flexibility index (Phi) is 3.42. The summed E-state index contributed by atoms with van der Waals surface area (Å²) in [5, 5.41) is 0. The largest absolute Gasteiger partial charge is 0.486 e. The molecule has 6 heteroatoms. The van der Waals surface area contributed by atoms with Gasteiger partial charge in [0.25, 0.3) is 0 Å². The second-order valence-corrected chi connectivity index (χ2v) is 4.07. The molecule has 0 atom stereocenters. The van der Waals surface area contributed by atoms with Crippen LogP contribution < -0.4 is 15.4 Å². The molecule has 0 saturated heterocycles. The molecule has 0 saturated carbocycles. The van der Waals surface area contributed by atoms with E-state index in [1.807, 2.05) is 0 Å². The third-order valence-electron chi connectivity index (χ3n) is 2.23. The van der Waals surface area contributed by atoms with Crippen LogP contribution >= 0.6 is 15.9 Å². The van der Waals surface area contributed by atoms with E-state index in [9.17, 15) is 4.79 Å². The third kappa shape index (κ3) is 1.91. The molecule has 5 nitrogen and oxygen atoms in total. The highest BCUT2D eigenvalue weighted by molar-refractivity contribution is 9.10. The van der Waals surface area contributed by atoms with E-state index in [1.54, 1.807) is 6.07 Å². The van der Waals surface area contributed by atoms with Gasteiger partial charge in [-0.05, 0) is 22.0 Å². The highest BCUT2D eigenvalue weighted by Crippen LogP contribution is 2.40. The molecule has 0 bridgehead atoms. The first kappa shape index (κ1) is 11.4. The van der Waals surface area contributed by atoms with Gasteiger partial charge in [0.1, 0.15) is 13.2 Å². The van der Waals surface area contributed by atoms with E-state index >= 15 is 0 Å². The molecule has 1 aromatic carbocycles. The molecule has 0 radical (unpaired) electrons. The SMILES string of the molecule is NOCc1cc(Br)c(C=O)c2c1OCCO2. The fraction of sp³-hybridized carbons (Fsp3) is 0.300. The molecule has 0 fully saturated rings. The average Bonchev–Trinajstić information content (AvgIpc) is 2.30. The zero-order valence-corrected chi connectivity index (χ0v) is 9.95. The number of benzene rings is 1. The molecule has 2 rings (SSSR count). The van der Waals surface area contributed by atoms with Crippen LogP contribution in [-0.4, -0.2) is 19.5 Å². The Balaban J connectivity index is 2.57. The summed E-state index contributed by atoms with van der Waals surface area (Å²) in [7, 11) is 0. The number of rotatable bonds is 3. The lowest BCUT2D eigenvalue weighted by atomic mass is 10.1. The summed E-state index contributed by atoms with van der Waals surface area (Å²) < 4.78 is 11.5. The standard InChI is InChI=1S/C10H10BrNO4/c11-8-3-6(5-16-12)9-10(7(8)4-13)15-2-1-14-9/h3-4H,1-2,5,12H2. The van der Waals surface area contributed by atoms with Gasteiger partial charge in [-0.3, -0.25) is 9.63 Å². The van der Waals surface area contributed by atoms with Crippen molar-refractivity contribution >= 4 is 22.2 Å². The van der Waals surface area contributed by atoms with Crippen molar-refractivity contribution in [1.29, 1.82) is 0 Å². The van der Waals surface area contributed by atoms with Crippen molar-refractivity contribution in [1.82, 2.24) is 0 Å². The van der Waals surface area contributed by atoms with Crippen LogP contribution in [0.25, 0.3) is 0 Å². The summed E-state index contributed by atoms with van der Waals surface area (Å²) in [5.74, 6) is 6.01. The Labute approximate surface area is 101 Å². The second-order valence-electron chi connectivity index (χ2n) is 3.22. The molecule has 0 unspecified atom stereocenters. The molecule has 0 aromatic heterocycles. The summed E-state index contributed by atoms with van der Waals surface area (Å²) >= 11 is 3.29. The maximum absolute atomic E-state index is 10.9. The number of aldehydes is 1. The van der Waals surface area contributed by atoms with Crippen LogP contribution in [0.2, 0.25) is 0 Å². The van der Waals surface area contributed by atoms with E-state index < -0.39 is 0 Å². The van der Waals surface area contributed by atoms with Crippen molar-refractivity contribution in [2.24, 2.45) is 5.90 Å². The smallest absolute Gasteiger partial charge is 0.173 e. The van der Waals surface area contributed by atoms with Crippen LogP contribution in [0.4, 0.5) is 0 Å². The molecule has 1 aliphatic rings. The van der Waals surface area contributed by atoms with Gasteiger partial charge in [0.2, 0.25) is 0 Å². The molecule has 0 aliphatic carbocycles. The molecule has 0 amide bonds. The third-order valence-corrected chi connectivity index (χ3v) is 2.89. The lowest BCUT2D eigenvalue weighted by Crippen LogP contribution is -2.18. The summed E-state index contributed by atoms with van der Waals surface area (Å²) in [6, 6.07) is 1.74. The maximum Gasteiger partial charge on any atom is 0.173 e.